The van der Waals surface area contributed by atoms with Gasteiger partial charge in [0.2, 0.25) is 0 Å². The molecule has 0 radical (unpaired) electrons. The zero-order chi connectivity index (χ0) is 13.8. The topological polar surface area (TPSA) is 53.7 Å². The molecule has 0 aliphatic heterocycles. The van der Waals surface area contributed by atoms with Gasteiger partial charge in [0.1, 0.15) is 11.5 Å². The molecule has 0 aromatic heterocycles. The van der Waals surface area contributed by atoms with Crippen LogP contribution in [0.1, 0.15) is 32.4 Å². The molecule has 0 saturated heterocycles. The second-order valence-corrected chi connectivity index (χ2v) is 4.59. The third-order valence-corrected chi connectivity index (χ3v) is 3.04. The van der Waals surface area contributed by atoms with Crippen LogP contribution >= 0.6 is 0 Å². The van der Waals surface area contributed by atoms with Crippen LogP contribution in [0.2, 0.25) is 0 Å². The average Bonchev–Trinajstić information content (AvgIpc) is 2.36. The fourth-order valence-corrected chi connectivity index (χ4v) is 2.00. The van der Waals surface area contributed by atoms with E-state index in [1.807, 2.05) is 39.0 Å². The Bertz CT molecular complexity index is 368. The van der Waals surface area contributed by atoms with Crippen LogP contribution in [0, 0.1) is 0 Å². The quantitative estimate of drug-likeness (QED) is 0.846. The predicted molar refractivity (Wildman–Crippen MR) is 72.2 cm³/mol. The van der Waals surface area contributed by atoms with Gasteiger partial charge in [-0.3, -0.25) is 0 Å². The van der Waals surface area contributed by atoms with Crippen LogP contribution in [0.4, 0.5) is 0 Å². The molecule has 1 rings (SSSR count). The highest BCUT2D eigenvalue weighted by Crippen LogP contribution is 2.38. The van der Waals surface area contributed by atoms with Crippen molar-refractivity contribution in [3.63, 3.8) is 0 Å². The first kappa shape index (κ1) is 14.8. The van der Waals surface area contributed by atoms with Crippen LogP contribution in [0.5, 0.6) is 11.5 Å². The summed E-state index contributed by atoms with van der Waals surface area (Å²) >= 11 is 0. The van der Waals surface area contributed by atoms with Crippen LogP contribution in [0.15, 0.2) is 18.2 Å². The molecule has 0 spiro atoms. The van der Waals surface area contributed by atoms with Gasteiger partial charge in [-0.25, -0.2) is 0 Å². The minimum Gasteiger partial charge on any atom is -0.496 e. The molecular weight excluding hydrogens is 230 g/mol. The first-order valence-electron chi connectivity index (χ1n) is 6.08. The van der Waals surface area contributed by atoms with Crippen LogP contribution in [0.3, 0.4) is 0 Å². The zero-order valence-electron chi connectivity index (χ0n) is 11.8. The molecule has 1 aromatic carbocycles. The molecule has 2 N–H and O–H groups in total. The average molecular weight is 253 g/mol. The van der Waals surface area contributed by atoms with E-state index in [4.69, 9.17) is 19.9 Å². The van der Waals surface area contributed by atoms with Crippen molar-refractivity contribution >= 4 is 0 Å². The number of nitrogens with two attached hydrogens (primary N) is 1. The Hall–Kier alpha value is -1.26. The number of rotatable bonds is 6. The molecule has 18 heavy (non-hydrogen) atoms. The van der Waals surface area contributed by atoms with E-state index in [-0.39, 0.29) is 6.04 Å². The van der Waals surface area contributed by atoms with Gasteiger partial charge in [-0.1, -0.05) is 6.07 Å². The second kappa shape index (κ2) is 6.07. The molecule has 0 amide bonds. The van der Waals surface area contributed by atoms with Crippen molar-refractivity contribution in [1.82, 2.24) is 0 Å². The smallest absolute Gasteiger partial charge is 0.127 e. The monoisotopic (exact) mass is 253 g/mol. The molecule has 0 bridgehead atoms. The van der Waals surface area contributed by atoms with Crippen molar-refractivity contribution in [2.75, 3.05) is 20.8 Å². The van der Waals surface area contributed by atoms with Gasteiger partial charge in [0.25, 0.3) is 0 Å². The van der Waals surface area contributed by atoms with E-state index in [9.17, 15) is 0 Å². The normalized spacial score (nSPS) is 13.2. The fourth-order valence-electron chi connectivity index (χ4n) is 2.00. The first-order chi connectivity index (χ1) is 8.47. The van der Waals surface area contributed by atoms with E-state index in [1.54, 1.807) is 14.2 Å². The number of ether oxygens (including phenoxy) is 3. The number of hydrogen-bond donors (Lipinski definition) is 1. The predicted octanol–water partition coefficient (Wildman–Crippen LogP) is 2.52. The fraction of sp³-hybridized carbons (Fsp3) is 0.571. The maximum Gasteiger partial charge on any atom is 0.127 e. The summed E-state index contributed by atoms with van der Waals surface area (Å²) in [5, 5.41) is 0. The highest BCUT2D eigenvalue weighted by molar-refractivity contribution is 5.47. The maximum atomic E-state index is 6.33. The van der Waals surface area contributed by atoms with Gasteiger partial charge in [0.05, 0.1) is 31.4 Å². The van der Waals surface area contributed by atoms with Crippen molar-refractivity contribution < 1.29 is 14.2 Å². The van der Waals surface area contributed by atoms with E-state index in [1.165, 1.54) is 0 Å². The Morgan fingerprint density at radius 3 is 2.06 bits per heavy atom. The summed E-state index contributed by atoms with van der Waals surface area (Å²) in [6.45, 7) is 6.49. The van der Waals surface area contributed by atoms with Crippen LogP contribution < -0.4 is 15.2 Å². The summed E-state index contributed by atoms with van der Waals surface area (Å²) in [5.74, 6) is 1.43. The summed E-state index contributed by atoms with van der Waals surface area (Å²) in [4.78, 5) is 0. The van der Waals surface area contributed by atoms with Crippen molar-refractivity contribution in [1.29, 1.82) is 0 Å². The lowest BCUT2D eigenvalue weighted by Gasteiger charge is -2.33. The van der Waals surface area contributed by atoms with E-state index in [2.05, 4.69) is 0 Å². The highest BCUT2D eigenvalue weighted by atomic mass is 16.5. The highest BCUT2D eigenvalue weighted by Gasteiger charge is 2.32. The maximum absolute atomic E-state index is 6.33. The van der Waals surface area contributed by atoms with E-state index < -0.39 is 5.60 Å². The second-order valence-electron chi connectivity index (χ2n) is 4.59. The molecule has 0 saturated carbocycles. The molecule has 0 fully saturated rings. The summed E-state index contributed by atoms with van der Waals surface area (Å²) in [6, 6.07) is 5.30. The van der Waals surface area contributed by atoms with Gasteiger partial charge in [-0.15, -0.1) is 0 Å². The molecular formula is C14H23NO3. The number of hydrogen-bond acceptors (Lipinski definition) is 4. The minimum atomic E-state index is -0.489. The molecule has 4 heteroatoms. The standard InChI is InChI=1S/C14H23NO3/c1-6-18-14(2,3)13(15)12-10(16-4)8-7-9-11(12)17-5/h7-9,13H,6,15H2,1-5H3. The molecule has 1 aromatic rings. The summed E-state index contributed by atoms with van der Waals surface area (Å²) in [6.07, 6.45) is 0. The van der Waals surface area contributed by atoms with Gasteiger partial charge in [0.15, 0.2) is 0 Å². The molecule has 1 unspecified atom stereocenters. The lowest BCUT2D eigenvalue weighted by Crippen LogP contribution is -2.38. The third-order valence-electron chi connectivity index (χ3n) is 3.04. The SMILES string of the molecule is CCOC(C)(C)C(N)c1c(OC)cccc1OC. The Morgan fingerprint density at radius 1 is 1.17 bits per heavy atom. The summed E-state index contributed by atoms with van der Waals surface area (Å²) in [7, 11) is 3.25. The molecule has 1 atom stereocenters. The third kappa shape index (κ3) is 2.94. The molecule has 0 aliphatic rings. The van der Waals surface area contributed by atoms with Gasteiger partial charge in [0, 0.05) is 6.61 Å². The van der Waals surface area contributed by atoms with E-state index >= 15 is 0 Å². The summed E-state index contributed by atoms with van der Waals surface area (Å²) in [5.41, 5.74) is 6.67. The van der Waals surface area contributed by atoms with Gasteiger partial charge < -0.3 is 19.9 Å². The Kier molecular flexibility index (Phi) is 4.99. The van der Waals surface area contributed by atoms with Crippen molar-refractivity contribution in [3.8, 4) is 11.5 Å². The lowest BCUT2D eigenvalue weighted by atomic mass is 9.91. The minimum absolute atomic E-state index is 0.330. The van der Waals surface area contributed by atoms with Gasteiger partial charge in [-0.05, 0) is 32.9 Å². The first-order valence-corrected chi connectivity index (χ1v) is 6.08. The Morgan fingerprint density at radius 2 is 1.67 bits per heavy atom. The summed E-state index contributed by atoms with van der Waals surface area (Å²) < 4.78 is 16.4. The van der Waals surface area contributed by atoms with Gasteiger partial charge >= 0.3 is 0 Å². The number of benzene rings is 1. The van der Waals surface area contributed by atoms with Crippen LogP contribution in [-0.4, -0.2) is 26.4 Å². The Labute approximate surface area is 109 Å². The number of methoxy groups -OCH3 is 2. The Balaban J connectivity index is 3.21. The molecule has 0 heterocycles. The van der Waals surface area contributed by atoms with Crippen molar-refractivity contribution in [2.45, 2.75) is 32.4 Å². The van der Waals surface area contributed by atoms with E-state index in [0.29, 0.717) is 6.61 Å². The molecule has 102 valence electrons. The largest absolute Gasteiger partial charge is 0.496 e. The zero-order valence-corrected chi connectivity index (χ0v) is 11.8. The van der Waals surface area contributed by atoms with Crippen LogP contribution in [0.25, 0.3) is 0 Å². The lowest BCUT2D eigenvalue weighted by molar-refractivity contribution is -0.0306. The van der Waals surface area contributed by atoms with E-state index in [0.717, 1.165) is 17.1 Å². The van der Waals surface area contributed by atoms with Crippen molar-refractivity contribution in [2.24, 2.45) is 5.73 Å². The molecule has 4 nitrogen and oxygen atoms in total. The molecule has 0 aliphatic carbocycles. The van der Waals surface area contributed by atoms with Crippen LogP contribution in [-0.2, 0) is 4.74 Å². The van der Waals surface area contributed by atoms with Gasteiger partial charge in [-0.2, -0.15) is 0 Å². The van der Waals surface area contributed by atoms with Crippen molar-refractivity contribution in [3.05, 3.63) is 23.8 Å².